The van der Waals surface area contributed by atoms with E-state index in [0.29, 0.717) is 11.1 Å². The molecule has 0 atom stereocenters. The molecule has 0 aromatic heterocycles. The fourth-order valence-electron chi connectivity index (χ4n) is 5.08. The summed E-state index contributed by atoms with van der Waals surface area (Å²) in [6.07, 6.45) is 0. The van der Waals surface area contributed by atoms with E-state index in [9.17, 15) is 0 Å². The van der Waals surface area contributed by atoms with Gasteiger partial charge in [-0.15, -0.1) is 0 Å². The van der Waals surface area contributed by atoms with E-state index in [1.54, 1.807) is 26.0 Å². The molecule has 0 bridgehead atoms. The van der Waals surface area contributed by atoms with E-state index in [-0.39, 0.29) is 17.3 Å². The van der Waals surface area contributed by atoms with Crippen molar-refractivity contribution in [3.05, 3.63) is 161 Å². The van der Waals surface area contributed by atoms with Crippen LogP contribution in [0.4, 0.5) is 8.78 Å². The normalized spacial score (nSPS) is 11.6. The lowest BCUT2D eigenvalue weighted by atomic mass is 10.0. The van der Waals surface area contributed by atoms with Crippen molar-refractivity contribution in [3.63, 3.8) is 0 Å². The van der Waals surface area contributed by atoms with Crippen molar-refractivity contribution in [1.29, 1.82) is 0 Å². The van der Waals surface area contributed by atoms with Crippen LogP contribution >= 0.6 is 7.26 Å². The van der Waals surface area contributed by atoms with E-state index in [4.69, 9.17) is 0 Å². The van der Waals surface area contributed by atoms with Crippen LogP contribution in [0.15, 0.2) is 127 Å². The lowest BCUT2D eigenvalue weighted by molar-refractivity contribution is 0.614. The maximum atomic E-state index is 15.1. The molecular weight excluding hydrogens is 465 g/mol. The fourth-order valence-corrected chi connectivity index (χ4v) is 10.0. The van der Waals surface area contributed by atoms with Gasteiger partial charge in [0.2, 0.25) is 0 Å². The summed E-state index contributed by atoms with van der Waals surface area (Å²) < 4.78 is 30.3. The summed E-state index contributed by atoms with van der Waals surface area (Å²) in [4.78, 5) is 0. The van der Waals surface area contributed by atoms with Crippen molar-refractivity contribution in [2.75, 3.05) is 0 Å². The average molecular weight is 494 g/mol. The molecule has 0 N–H and O–H groups in total. The van der Waals surface area contributed by atoms with E-state index < -0.39 is 7.26 Å². The SMILES string of the molecule is Cc1ccc(C(c2ccc(C)c(F)c2)[P+](c2ccccc2)(c2ccccc2)c2ccccc2)cc1F. The Morgan fingerprint density at radius 2 is 0.806 bits per heavy atom. The zero-order valence-electron chi connectivity index (χ0n) is 20.4. The smallest absolute Gasteiger partial charge is 0.134 e. The summed E-state index contributed by atoms with van der Waals surface area (Å²) in [5.74, 6) is -0.505. The Morgan fingerprint density at radius 1 is 0.472 bits per heavy atom. The Kier molecular flexibility index (Phi) is 6.81. The third kappa shape index (κ3) is 4.27. The summed E-state index contributed by atoms with van der Waals surface area (Å²) in [7, 11) is -2.51. The molecule has 3 heteroatoms. The number of rotatable bonds is 6. The molecule has 0 nitrogen and oxygen atoms in total. The van der Waals surface area contributed by atoms with Crippen LogP contribution in [0.5, 0.6) is 0 Å². The first kappa shape index (κ1) is 24.1. The average Bonchev–Trinajstić information content (AvgIpc) is 2.92. The van der Waals surface area contributed by atoms with Gasteiger partial charge in [0.1, 0.15) is 40.5 Å². The Balaban J connectivity index is 1.96. The first-order valence-electron chi connectivity index (χ1n) is 12.1. The van der Waals surface area contributed by atoms with Crippen LogP contribution in [0.25, 0.3) is 0 Å². The Labute approximate surface area is 212 Å². The number of halogens is 2. The highest BCUT2D eigenvalue weighted by Gasteiger charge is 2.54. The molecule has 0 amide bonds. The number of hydrogen-bond donors (Lipinski definition) is 0. The zero-order valence-corrected chi connectivity index (χ0v) is 21.3. The van der Waals surface area contributed by atoms with Gasteiger partial charge < -0.3 is 0 Å². The molecular formula is C33H28F2P+. The van der Waals surface area contributed by atoms with Crippen molar-refractivity contribution >= 4 is 23.2 Å². The Morgan fingerprint density at radius 3 is 1.11 bits per heavy atom. The minimum Gasteiger partial charge on any atom is -0.207 e. The monoisotopic (exact) mass is 493 g/mol. The molecule has 0 radical (unpaired) electrons. The molecule has 0 saturated carbocycles. The number of benzene rings is 5. The van der Waals surface area contributed by atoms with E-state index in [0.717, 1.165) is 27.0 Å². The van der Waals surface area contributed by atoms with Crippen molar-refractivity contribution in [1.82, 2.24) is 0 Å². The van der Waals surface area contributed by atoms with E-state index in [1.165, 1.54) is 0 Å². The van der Waals surface area contributed by atoms with Gasteiger partial charge in [-0.25, -0.2) is 8.78 Å². The van der Waals surface area contributed by atoms with Gasteiger partial charge in [-0.1, -0.05) is 78.9 Å². The molecule has 0 aliphatic rings. The first-order chi connectivity index (χ1) is 17.5. The van der Waals surface area contributed by atoms with E-state index in [2.05, 4.69) is 72.8 Å². The molecule has 0 aliphatic heterocycles. The minimum atomic E-state index is -2.51. The van der Waals surface area contributed by atoms with Gasteiger partial charge >= 0.3 is 0 Å². The van der Waals surface area contributed by atoms with Crippen molar-refractivity contribution in [2.24, 2.45) is 0 Å². The summed E-state index contributed by atoms with van der Waals surface area (Å²) in [5, 5.41) is 3.48. The molecule has 5 aromatic carbocycles. The van der Waals surface area contributed by atoms with Crippen LogP contribution in [-0.4, -0.2) is 0 Å². The summed E-state index contributed by atoms with van der Waals surface area (Å²) in [5.41, 5.74) is 2.57. The number of hydrogen-bond acceptors (Lipinski definition) is 0. The fraction of sp³-hybridized carbons (Fsp3) is 0.0909. The van der Waals surface area contributed by atoms with Gasteiger partial charge in [-0.2, -0.15) is 0 Å². The standard InChI is InChI=1S/C33H28F2P/c1-24-18-20-26(22-31(24)34)33(27-21-19-25(2)32(35)23-27)36(28-12-6-3-7-13-28,29-14-8-4-9-15-29)30-16-10-5-11-17-30/h3-23,33H,1-2H3/q+1. The summed E-state index contributed by atoms with van der Waals surface area (Å²) >= 11 is 0. The summed E-state index contributed by atoms with van der Waals surface area (Å²) in [6.45, 7) is 3.54. The molecule has 0 unspecified atom stereocenters. The van der Waals surface area contributed by atoms with Crippen molar-refractivity contribution in [3.8, 4) is 0 Å². The highest BCUT2D eigenvalue weighted by atomic mass is 31.2. The Hall–Kier alpha value is -3.61. The number of aryl methyl sites for hydroxylation is 2. The van der Waals surface area contributed by atoms with Gasteiger partial charge in [-0.3, -0.25) is 0 Å². The zero-order chi connectivity index (χ0) is 25.1. The molecule has 0 aliphatic carbocycles. The lowest BCUT2D eigenvalue weighted by Gasteiger charge is -2.35. The lowest BCUT2D eigenvalue weighted by Crippen LogP contribution is -2.35. The van der Waals surface area contributed by atoms with Crippen LogP contribution in [0.3, 0.4) is 0 Å². The van der Waals surface area contributed by atoms with Crippen LogP contribution in [0, 0.1) is 25.5 Å². The predicted molar refractivity (Wildman–Crippen MR) is 149 cm³/mol. The predicted octanol–water partition coefficient (Wildman–Crippen LogP) is 7.67. The first-order valence-corrected chi connectivity index (χ1v) is 14.0. The van der Waals surface area contributed by atoms with Crippen molar-refractivity contribution < 1.29 is 8.78 Å². The van der Waals surface area contributed by atoms with Crippen LogP contribution in [-0.2, 0) is 0 Å². The second-order valence-corrected chi connectivity index (χ2v) is 12.7. The highest BCUT2D eigenvalue weighted by molar-refractivity contribution is 7.96. The third-order valence-electron chi connectivity index (χ3n) is 6.90. The van der Waals surface area contributed by atoms with Gasteiger partial charge in [0.05, 0.1) is 0 Å². The highest BCUT2D eigenvalue weighted by Crippen LogP contribution is 2.69. The molecule has 36 heavy (non-hydrogen) atoms. The molecule has 178 valence electrons. The quantitative estimate of drug-likeness (QED) is 0.213. The van der Waals surface area contributed by atoms with Crippen LogP contribution in [0.2, 0.25) is 0 Å². The van der Waals surface area contributed by atoms with E-state index in [1.807, 2.05) is 42.5 Å². The van der Waals surface area contributed by atoms with Gasteiger partial charge in [0.25, 0.3) is 0 Å². The molecule has 0 saturated heterocycles. The third-order valence-corrected chi connectivity index (χ3v) is 11.6. The van der Waals surface area contributed by atoms with E-state index >= 15 is 8.78 Å². The van der Waals surface area contributed by atoms with Crippen LogP contribution < -0.4 is 15.9 Å². The Bertz CT molecular complexity index is 1320. The molecule has 5 aromatic rings. The van der Waals surface area contributed by atoms with Gasteiger partial charge in [0, 0.05) is 11.1 Å². The second kappa shape index (κ2) is 10.2. The maximum absolute atomic E-state index is 15.1. The maximum Gasteiger partial charge on any atom is 0.134 e. The van der Waals surface area contributed by atoms with Gasteiger partial charge in [0.15, 0.2) is 0 Å². The minimum absolute atomic E-state index is 0.252. The van der Waals surface area contributed by atoms with Gasteiger partial charge in [-0.05, 0) is 73.5 Å². The molecule has 5 rings (SSSR count). The van der Waals surface area contributed by atoms with Crippen molar-refractivity contribution in [2.45, 2.75) is 19.5 Å². The molecule has 0 heterocycles. The molecule has 0 fully saturated rings. The second-order valence-electron chi connectivity index (χ2n) is 9.15. The summed E-state index contributed by atoms with van der Waals surface area (Å²) in [6, 6.07) is 42.3. The largest absolute Gasteiger partial charge is 0.207 e. The molecule has 0 spiro atoms. The van der Waals surface area contributed by atoms with Crippen LogP contribution in [0.1, 0.15) is 27.9 Å². The topological polar surface area (TPSA) is 0 Å².